The lowest BCUT2D eigenvalue weighted by atomic mass is 9.63. The molecule has 0 radical (unpaired) electrons. The Balaban J connectivity index is 2.08. The van der Waals surface area contributed by atoms with Crippen LogP contribution in [-0.4, -0.2) is 42.3 Å². The highest BCUT2D eigenvalue weighted by Crippen LogP contribution is 2.47. The molecule has 110 valence electrons. The van der Waals surface area contributed by atoms with Gasteiger partial charge < -0.3 is 9.64 Å². The molecule has 2 fully saturated rings. The van der Waals surface area contributed by atoms with Crippen LogP contribution in [0.15, 0.2) is 0 Å². The number of ether oxygens (including phenoxy) is 1. The van der Waals surface area contributed by atoms with Gasteiger partial charge in [-0.25, -0.2) is 0 Å². The van der Waals surface area contributed by atoms with Crippen molar-refractivity contribution in [3.05, 3.63) is 0 Å². The Morgan fingerprint density at radius 1 is 1.47 bits per heavy atom. The van der Waals surface area contributed by atoms with Crippen molar-refractivity contribution in [1.29, 1.82) is 0 Å². The molecule has 2 aliphatic rings. The topological polar surface area (TPSA) is 41.6 Å². The first-order valence-corrected chi connectivity index (χ1v) is 7.40. The van der Waals surface area contributed by atoms with E-state index in [0.717, 1.165) is 12.8 Å². The number of rotatable bonds is 4. The van der Waals surface area contributed by atoms with Crippen molar-refractivity contribution in [3.63, 3.8) is 0 Å². The Kier molecular flexibility index (Phi) is 3.94. The van der Waals surface area contributed by atoms with Crippen molar-refractivity contribution >= 4 is 5.91 Å². The average Bonchev–Trinajstić information content (AvgIpc) is 2.55. The van der Waals surface area contributed by atoms with Crippen LogP contribution in [0, 0.1) is 11.3 Å². The Labute approximate surface area is 116 Å². The smallest absolute Gasteiger partial charge is 0.241 e. The van der Waals surface area contributed by atoms with Gasteiger partial charge in [0.2, 0.25) is 5.91 Å². The van der Waals surface area contributed by atoms with E-state index in [-0.39, 0.29) is 29.6 Å². The molecule has 1 saturated carbocycles. The number of methoxy groups -OCH3 is 1. The van der Waals surface area contributed by atoms with E-state index in [9.17, 15) is 4.79 Å². The third-order valence-electron chi connectivity index (χ3n) is 4.87. The van der Waals surface area contributed by atoms with Crippen LogP contribution in [-0.2, 0) is 9.53 Å². The van der Waals surface area contributed by atoms with Crippen LogP contribution in [0.25, 0.3) is 0 Å². The van der Waals surface area contributed by atoms with Gasteiger partial charge in [0.15, 0.2) is 0 Å². The van der Waals surface area contributed by atoms with Crippen LogP contribution in [0.1, 0.15) is 47.5 Å². The van der Waals surface area contributed by atoms with Crippen LogP contribution in [0.2, 0.25) is 0 Å². The van der Waals surface area contributed by atoms with Crippen LogP contribution in [0.4, 0.5) is 0 Å². The number of hydrogen-bond donors (Lipinski definition) is 1. The van der Waals surface area contributed by atoms with E-state index in [1.165, 1.54) is 0 Å². The van der Waals surface area contributed by atoms with Gasteiger partial charge in [0, 0.05) is 18.6 Å². The molecule has 0 aromatic rings. The lowest BCUT2D eigenvalue weighted by Gasteiger charge is -2.55. The molecule has 1 heterocycles. The van der Waals surface area contributed by atoms with Gasteiger partial charge in [0.25, 0.3) is 0 Å². The summed E-state index contributed by atoms with van der Waals surface area (Å²) in [6, 6.07) is 0.289. The van der Waals surface area contributed by atoms with Gasteiger partial charge in [-0.05, 0) is 25.7 Å². The predicted octanol–water partition coefficient (Wildman–Crippen LogP) is 1.99. The predicted molar refractivity (Wildman–Crippen MR) is 75.7 cm³/mol. The van der Waals surface area contributed by atoms with Gasteiger partial charge in [-0.2, -0.15) is 0 Å². The van der Waals surface area contributed by atoms with Gasteiger partial charge in [0.05, 0.1) is 18.3 Å². The van der Waals surface area contributed by atoms with E-state index in [0.29, 0.717) is 12.0 Å². The summed E-state index contributed by atoms with van der Waals surface area (Å²) in [6.07, 6.45) is 2.27. The average molecular weight is 268 g/mol. The maximum atomic E-state index is 12.6. The molecule has 2 rings (SSSR count). The summed E-state index contributed by atoms with van der Waals surface area (Å²) in [5.74, 6) is 0.809. The fraction of sp³-hybridized carbons (Fsp3) is 0.933. The van der Waals surface area contributed by atoms with E-state index in [2.05, 4.69) is 44.8 Å². The quantitative estimate of drug-likeness (QED) is 0.848. The van der Waals surface area contributed by atoms with Gasteiger partial charge >= 0.3 is 0 Å². The molecular weight excluding hydrogens is 240 g/mol. The normalized spacial score (nSPS) is 37.8. The van der Waals surface area contributed by atoms with Crippen LogP contribution in [0.3, 0.4) is 0 Å². The summed E-state index contributed by atoms with van der Waals surface area (Å²) < 4.78 is 5.49. The Morgan fingerprint density at radius 2 is 2.11 bits per heavy atom. The van der Waals surface area contributed by atoms with Crippen LogP contribution < -0.4 is 5.32 Å². The summed E-state index contributed by atoms with van der Waals surface area (Å²) in [5, 5.41) is 3.44. The molecule has 4 heteroatoms. The number of amides is 1. The number of nitrogens with one attached hydrogen (secondary N) is 1. The molecular formula is C15H28N2O2. The minimum absolute atomic E-state index is 0.00704. The van der Waals surface area contributed by atoms with Gasteiger partial charge in [-0.1, -0.05) is 27.7 Å². The first-order valence-electron chi connectivity index (χ1n) is 7.40. The van der Waals surface area contributed by atoms with Gasteiger partial charge in [-0.3, -0.25) is 10.1 Å². The number of carbonyl (C=O) groups is 1. The van der Waals surface area contributed by atoms with Crippen LogP contribution in [0.5, 0.6) is 0 Å². The minimum Gasteiger partial charge on any atom is -0.381 e. The fourth-order valence-electron chi connectivity index (χ4n) is 3.61. The summed E-state index contributed by atoms with van der Waals surface area (Å²) in [4.78, 5) is 14.6. The van der Waals surface area contributed by atoms with Crippen molar-refractivity contribution in [2.24, 2.45) is 11.3 Å². The van der Waals surface area contributed by atoms with E-state index in [4.69, 9.17) is 4.74 Å². The van der Waals surface area contributed by atoms with Crippen molar-refractivity contribution < 1.29 is 9.53 Å². The standard InChI is InChI=1S/C15H28N2O2/c1-9(2)7-11-14(18)17(10(3)16-11)12-8-13(19-6)15(12,4)5/h9-13,16H,7-8H2,1-6H3. The second-order valence-electron chi connectivity index (χ2n) is 7.07. The van der Waals surface area contributed by atoms with Crippen LogP contribution >= 0.6 is 0 Å². The van der Waals surface area contributed by atoms with Crippen molar-refractivity contribution in [3.8, 4) is 0 Å². The molecule has 0 bridgehead atoms. The number of carbonyl (C=O) groups excluding carboxylic acids is 1. The maximum absolute atomic E-state index is 12.6. The minimum atomic E-state index is -0.00704. The summed E-state index contributed by atoms with van der Waals surface area (Å²) >= 11 is 0. The molecule has 1 aliphatic carbocycles. The molecule has 0 spiro atoms. The zero-order valence-corrected chi connectivity index (χ0v) is 13.1. The summed E-state index contributed by atoms with van der Waals surface area (Å²) in [7, 11) is 1.76. The summed E-state index contributed by atoms with van der Waals surface area (Å²) in [5.41, 5.74) is 0.0487. The molecule has 19 heavy (non-hydrogen) atoms. The highest BCUT2D eigenvalue weighted by atomic mass is 16.5. The van der Waals surface area contributed by atoms with Gasteiger partial charge in [-0.15, -0.1) is 0 Å². The highest BCUT2D eigenvalue weighted by Gasteiger charge is 2.55. The Bertz CT molecular complexity index is 354. The second kappa shape index (κ2) is 5.06. The third kappa shape index (κ3) is 2.40. The molecule has 4 unspecified atom stereocenters. The number of hydrogen-bond acceptors (Lipinski definition) is 3. The van der Waals surface area contributed by atoms with Crippen molar-refractivity contribution in [1.82, 2.24) is 10.2 Å². The Morgan fingerprint density at radius 3 is 2.58 bits per heavy atom. The van der Waals surface area contributed by atoms with E-state index >= 15 is 0 Å². The first-order chi connectivity index (χ1) is 8.78. The molecule has 1 aliphatic heterocycles. The molecule has 1 amide bonds. The number of nitrogens with zero attached hydrogens (tertiary/aromatic N) is 1. The largest absolute Gasteiger partial charge is 0.381 e. The molecule has 1 N–H and O–H groups in total. The van der Waals surface area contributed by atoms with Crippen molar-refractivity contribution in [2.45, 2.75) is 71.8 Å². The highest BCUT2D eigenvalue weighted by molar-refractivity contribution is 5.84. The van der Waals surface area contributed by atoms with Crippen molar-refractivity contribution in [2.75, 3.05) is 7.11 Å². The Hall–Kier alpha value is -0.610. The first kappa shape index (κ1) is 14.8. The summed E-state index contributed by atoms with van der Waals surface area (Å²) in [6.45, 7) is 10.8. The SMILES string of the molecule is COC1CC(N2C(=O)C(CC(C)C)NC2C)C1(C)C. The molecule has 1 saturated heterocycles. The third-order valence-corrected chi connectivity index (χ3v) is 4.87. The lowest BCUT2D eigenvalue weighted by Crippen LogP contribution is -2.64. The van der Waals surface area contributed by atoms with E-state index < -0.39 is 0 Å². The molecule has 0 aromatic heterocycles. The molecule has 4 atom stereocenters. The zero-order chi connectivity index (χ0) is 14.4. The van der Waals surface area contributed by atoms with E-state index in [1.807, 2.05) is 0 Å². The monoisotopic (exact) mass is 268 g/mol. The fourth-order valence-corrected chi connectivity index (χ4v) is 3.61. The second-order valence-corrected chi connectivity index (χ2v) is 7.07. The zero-order valence-electron chi connectivity index (χ0n) is 13.1. The maximum Gasteiger partial charge on any atom is 0.241 e. The van der Waals surface area contributed by atoms with Gasteiger partial charge in [0.1, 0.15) is 0 Å². The molecule has 0 aromatic carbocycles. The van der Waals surface area contributed by atoms with E-state index in [1.54, 1.807) is 7.11 Å². The lowest BCUT2D eigenvalue weighted by molar-refractivity contribution is -0.161. The molecule has 4 nitrogen and oxygen atoms in total.